The third-order valence-electron chi connectivity index (χ3n) is 4.98. The van der Waals surface area contributed by atoms with Crippen LogP contribution in [0.5, 0.6) is 0 Å². The zero-order chi connectivity index (χ0) is 18.8. The Morgan fingerprint density at radius 3 is 2.56 bits per heavy atom. The maximum absolute atomic E-state index is 13.5. The van der Waals surface area contributed by atoms with Gasteiger partial charge in [-0.15, -0.1) is 0 Å². The van der Waals surface area contributed by atoms with E-state index in [2.05, 4.69) is 9.55 Å². The molecule has 138 valence electrons. The number of rotatable bonds is 4. The molecule has 4 rings (SSSR count). The van der Waals surface area contributed by atoms with E-state index in [1.807, 2.05) is 12.1 Å². The normalized spacial score (nSPS) is 13.3. The molecule has 3 aromatic rings. The van der Waals surface area contributed by atoms with E-state index in [-0.39, 0.29) is 11.8 Å². The quantitative estimate of drug-likeness (QED) is 0.621. The molecule has 0 aliphatic carbocycles. The van der Waals surface area contributed by atoms with Crippen LogP contribution in [0, 0.1) is 5.82 Å². The van der Waals surface area contributed by atoms with Crippen molar-refractivity contribution in [1.29, 1.82) is 0 Å². The van der Waals surface area contributed by atoms with Crippen molar-refractivity contribution in [3.63, 3.8) is 0 Å². The van der Waals surface area contributed by atoms with Gasteiger partial charge in [0, 0.05) is 30.2 Å². The largest absolute Gasteiger partial charge is 0.462 e. The molecule has 4 nitrogen and oxygen atoms in total. The number of fused-ring (bicyclic) bond motifs is 1. The smallest absolute Gasteiger partial charge is 0.340 e. The highest BCUT2D eigenvalue weighted by Crippen LogP contribution is 2.41. The Balaban J connectivity index is 2.03. The highest BCUT2D eigenvalue weighted by molar-refractivity contribution is 6.05. The Kier molecular flexibility index (Phi) is 4.75. The van der Waals surface area contributed by atoms with Gasteiger partial charge in [-0.05, 0) is 73.7 Å². The first-order valence-corrected chi connectivity index (χ1v) is 9.29. The summed E-state index contributed by atoms with van der Waals surface area (Å²) in [4.78, 5) is 17.1. The van der Waals surface area contributed by atoms with Crippen LogP contribution in [0.1, 0.15) is 35.8 Å². The highest BCUT2D eigenvalue weighted by Gasteiger charge is 2.30. The number of benzene rings is 1. The first-order chi connectivity index (χ1) is 13.2. The van der Waals surface area contributed by atoms with Crippen LogP contribution in [0.25, 0.3) is 22.4 Å². The Hall–Kier alpha value is -2.95. The molecule has 5 heteroatoms. The number of pyridine rings is 1. The van der Waals surface area contributed by atoms with Crippen molar-refractivity contribution >= 4 is 5.97 Å². The van der Waals surface area contributed by atoms with Crippen molar-refractivity contribution in [3.8, 4) is 22.4 Å². The fourth-order valence-electron chi connectivity index (χ4n) is 3.88. The van der Waals surface area contributed by atoms with Gasteiger partial charge in [0.1, 0.15) is 5.82 Å². The monoisotopic (exact) mass is 364 g/mol. The van der Waals surface area contributed by atoms with Crippen molar-refractivity contribution in [2.45, 2.75) is 32.7 Å². The number of hydrogen-bond acceptors (Lipinski definition) is 3. The SMILES string of the molecule is CCOC(=O)c1c(-c2ccncc2)c2n(c1-c1ccc(F)cc1)CCCC2. The van der Waals surface area contributed by atoms with Gasteiger partial charge in [0.15, 0.2) is 0 Å². The summed E-state index contributed by atoms with van der Waals surface area (Å²) in [5.41, 5.74) is 5.20. The van der Waals surface area contributed by atoms with Crippen LogP contribution >= 0.6 is 0 Å². The number of halogens is 1. The lowest BCUT2D eigenvalue weighted by Gasteiger charge is -2.19. The number of carbonyl (C=O) groups is 1. The predicted molar refractivity (Wildman–Crippen MR) is 102 cm³/mol. The maximum atomic E-state index is 13.5. The molecule has 0 saturated heterocycles. The van der Waals surface area contributed by atoms with Crippen molar-refractivity contribution in [2.24, 2.45) is 0 Å². The predicted octanol–water partition coefficient (Wildman–Crippen LogP) is 4.87. The summed E-state index contributed by atoms with van der Waals surface area (Å²) in [6.07, 6.45) is 6.48. The number of esters is 1. The molecule has 2 aromatic heterocycles. The molecule has 0 spiro atoms. The second kappa shape index (κ2) is 7.35. The van der Waals surface area contributed by atoms with Crippen LogP contribution in [0.4, 0.5) is 4.39 Å². The van der Waals surface area contributed by atoms with Gasteiger partial charge in [0.05, 0.1) is 17.9 Å². The van der Waals surface area contributed by atoms with Crippen LogP contribution in [0.3, 0.4) is 0 Å². The van der Waals surface area contributed by atoms with E-state index < -0.39 is 0 Å². The molecule has 3 heterocycles. The molecule has 1 aliphatic heterocycles. The van der Waals surface area contributed by atoms with Gasteiger partial charge in [-0.2, -0.15) is 0 Å². The Morgan fingerprint density at radius 1 is 1.11 bits per heavy atom. The lowest BCUT2D eigenvalue weighted by molar-refractivity contribution is 0.0528. The number of nitrogens with zero attached hydrogens (tertiary/aromatic N) is 2. The molecule has 27 heavy (non-hydrogen) atoms. The zero-order valence-electron chi connectivity index (χ0n) is 15.2. The average Bonchev–Trinajstić information content (AvgIpc) is 3.05. The summed E-state index contributed by atoms with van der Waals surface area (Å²) in [6.45, 7) is 2.94. The number of carbonyl (C=O) groups excluding carboxylic acids is 1. The van der Waals surface area contributed by atoms with Gasteiger partial charge in [-0.25, -0.2) is 9.18 Å². The highest BCUT2D eigenvalue weighted by atomic mass is 19.1. The lowest BCUT2D eigenvalue weighted by atomic mass is 9.97. The fraction of sp³-hybridized carbons (Fsp3) is 0.273. The second-order valence-electron chi connectivity index (χ2n) is 6.62. The number of aromatic nitrogens is 2. The van der Waals surface area contributed by atoms with Crippen LogP contribution in [-0.4, -0.2) is 22.1 Å². The van der Waals surface area contributed by atoms with Crippen LogP contribution < -0.4 is 0 Å². The van der Waals surface area contributed by atoms with Gasteiger partial charge in [-0.3, -0.25) is 4.98 Å². The van der Waals surface area contributed by atoms with Crippen LogP contribution in [-0.2, 0) is 17.7 Å². The van der Waals surface area contributed by atoms with Gasteiger partial charge in [0.2, 0.25) is 0 Å². The third kappa shape index (κ3) is 3.14. The minimum Gasteiger partial charge on any atom is -0.462 e. The molecular formula is C22H21FN2O2. The molecule has 0 radical (unpaired) electrons. The van der Waals surface area contributed by atoms with Crippen LogP contribution in [0.2, 0.25) is 0 Å². The van der Waals surface area contributed by atoms with Gasteiger partial charge >= 0.3 is 5.97 Å². The van der Waals surface area contributed by atoms with Crippen molar-refractivity contribution in [1.82, 2.24) is 9.55 Å². The molecule has 0 unspecified atom stereocenters. The number of ether oxygens (including phenoxy) is 1. The van der Waals surface area contributed by atoms with E-state index in [0.29, 0.717) is 12.2 Å². The van der Waals surface area contributed by atoms with E-state index in [0.717, 1.165) is 53.9 Å². The van der Waals surface area contributed by atoms with E-state index in [1.165, 1.54) is 12.1 Å². The van der Waals surface area contributed by atoms with Gasteiger partial charge in [0.25, 0.3) is 0 Å². The molecule has 0 fully saturated rings. The molecule has 0 amide bonds. The van der Waals surface area contributed by atoms with Gasteiger partial charge in [-0.1, -0.05) is 0 Å². The van der Waals surface area contributed by atoms with E-state index >= 15 is 0 Å². The molecular weight excluding hydrogens is 343 g/mol. The lowest BCUT2D eigenvalue weighted by Crippen LogP contribution is -2.12. The second-order valence-corrected chi connectivity index (χ2v) is 6.62. The van der Waals surface area contributed by atoms with Crippen molar-refractivity contribution in [2.75, 3.05) is 6.61 Å². The molecule has 0 saturated carbocycles. The van der Waals surface area contributed by atoms with E-state index in [9.17, 15) is 9.18 Å². The minimum absolute atomic E-state index is 0.295. The average molecular weight is 364 g/mol. The Bertz CT molecular complexity index is 962. The first-order valence-electron chi connectivity index (χ1n) is 9.29. The van der Waals surface area contributed by atoms with Crippen molar-refractivity contribution in [3.05, 3.63) is 65.9 Å². The summed E-state index contributed by atoms with van der Waals surface area (Å²) >= 11 is 0. The maximum Gasteiger partial charge on any atom is 0.340 e. The molecule has 0 atom stereocenters. The molecule has 1 aliphatic rings. The summed E-state index contributed by atoms with van der Waals surface area (Å²) in [7, 11) is 0. The van der Waals surface area contributed by atoms with Crippen molar-refractivity contribution < 1.29 is 13.9 Å². The standard InChI is InChI=1S/C22H21FN2O2/c1-2-27-22(26)20-19(15-10-12-24-13-11-15)18-5-3-4-14-25(18)21(20)16-6-8-17(23)9-7-16/h6-13H,2-5,14H2,1H3. The molecule has 1 aromatic carbocycles. The molecule has 0 bridgehead atoms. The van der Waals surface area contributed by atoms with E-state index in [4.69, 9.17) is 4.74 Å². The minimum atomic E-state index is -0.342. The number of hydrogen-bond donors (Lipinski definition) is 0. The third-order valence-corrected chi connectivity index (χ3v) is 4.98. The summed E-state index contributed by atoms with van der Waals surface area (Å²) in [6, 6.07) is 10.2. The fourth-order valence-corrected chi connectivity index (χ4v) is 3.88. The Labute approximate surface area is 157 Å². The summed E-state index contributed by atoms with van der Waals surface area (Å²) in [5, 5.41) is 0. The first kappa shape index (κ1) is 17.5. The summed E-state index contributed by atoms with van der Waals surface area (Å²) < 4.78 is 21.1. The van der Waals surface area contributed by atoms with Gasteiger partial charge < -0.3 is 9.30 Å². The topological polar surface area (TPSA) is 44.1 Å². The molecule has 0 N–H and O–H groups in total. The van der Waals surface area contributed by atoms with Crippen LogP contribution in [0.15, 0.2) is 48.8 Å². The Morgan fingerprint density at radius 2 is 1.85 bits per heavy atom. The zero-order valence-corrected chi connectivity index (χ0v) is 15.2. The van der Waals surface area contributed by atoms with E-state index in [1.54, 1.807) is 31.5 Å². The summed E-state index contributed by atoms with van der Waals surface area (Å²) in [5.74, 6) is -0.637.